The number of aliphatic imine (C=N–C) groups is 1. The zero-order valence-electron chi connectivity index (χ0n) is 15.9. The summed E-state index contributed by atoms with van der Waals surface area (Å²) in [6.45, 7) is 5.96. The molecule has 1 atom stereocenters. The van der Waals surface area contributed by atoms with Crippen molar-refractivity contribution in [3.8, 4) is 0 Å². The number of ether oxygens (including phenoxy) is 2. The van der Waals surface area contributed by atoms with E-state index < -0.39 is 0 Å². The highest BCUT2D eigenvalue weighted by Crippen LogP contribution is 2.17. The highest BCUT2D eigenvalue weighted by Gasteiger charge is 2.16. The Labute approximate surface area is 174 Å². The van der Waals surface area contributed by atoms with Crippen molar-refractivity contribution in [2.45, 2.75) is 64.0 Å². The summed E-state index contributed by atoms with van der Waals surface area (Å²) in [6, 6.07) is 0.337. The summed E-state index contributed by atoms with van der Waals surface area (Å²) in [7, 11) is 0. The van der Waals surface area contributed by atoms with Crippen molar-refractivity contribution in [1.29, 1.82) is 0 Å². The smallest absolute Gasteiger partial charge is 0.242 e. The number of halogens is 1. The maximum atomic E-state index is 12.0. The first-order valence-corrected chi connectivity index (χ1v) is 9.79. The molecule has 7 nitrogen and oxygen atoms in total. The predicted octanol–water partition coefficient (Wildman–Crippen LogP) is 1.80. The number of guanidine groups is 1. The highest BCUT2D eigenvalue weighted by molar-refractivity contribution is 14.0. The van der Waals surface area contributed by atoms with Gasteiger partial charge in [0.05, 0.1) is 12.7 Å². The molecule has 1 saturated heterocycles. The second kappa shape index (κ2) is 14.4. The van der Waals surface area contributed by atoms with Crippen LogP contribution in [0.25, 0.3) is 0 Å². The van der Waals surface area contributed by atoms with Crippen LogP contribution >= 0.6 is 24.0 Å². The zero-order chi connectivity index (χ0) is 17.7. The lowest BCUT2D eigenvalue weighted by Crippen LogP contribution is -2.41. The van der Waals surface area contributed by atoms with E-state index in [4.69, 9.17) is 9.47 Å². The van der Waals surface area contributed by atoms with Gasteiger partial charge in [-0.2, -0.15) is 0 Å². The van der Waals surface area contributed by atoms with Gasteiger partial charge in [0.15, 0.2) is 5.96 Å². The van der Waals surface area contributed by atoms with Gasteiger partial charge in [0, 0.05) is 32.3 Å². The van der Waals surface area contributed by atoms with Gasteiger partial charge >= 0.3 is 0 Å². The molecule has 8 heteroatoms. The van der Waals surface area contributed by atoms with Gasteiger partial charge in [-0.1, -0.05) is 19.3 Å². The summed E-state index contributed by atoms with van der Waals surface area (Å²) in [6.07, 6.45) is 8.06. The molecule has 152 valence electrons. The van der Waals surface area contributed by atoms with Crippen LogP contribution in [0.2, 0.25) is 0 Å². The fourth-order valence-corrected chi connectivity index (χ4v) is 3.19. The number of hydrogen-bond acceptors (Lipinski definition) is 4. The Kier molecular flexibility index (Phi) is 13.0. The predicted molar refractivity (Wildman–Crippen MR) is 114 cm³/mol. The number of carbonyl (C=O) groups excluding carboxylic acids is 1. The molecule has 0 radical (unpaired) electrons. The van der Waals surface area contributed by atoms with Crippen LogP contribution in [0.15, 0.2) is 4.99 Å². The molecule has 0 bridgehead atoms. The van der Waals surface area contributed by atoms with Crippen LogP contribution in [0.5, 0.6) is 0 Å². The Morgan fingerprint density at radius 2 is 2.00 bits per heavy atom. The summed E-state index contributed by atoms with van der Waals surface area (Å²) < 4.78 is 11.0. The molecular weight excluding hydrogens is 447 g/mol. The molecule has 0 aromatic carbocycles. The molecule has 0 spiro atoms. The first kappa shape index (κ1) is 23.4. The lowest BCUT2D eigenvalue weighted by atomic mass is 9.95. The molecule has 26 heavy (non-hydrogen) atoms. The van der Waals surface area contributed by atoms with Crippen LogP contribution in [0.3, 0.4) is 0 Å². The van der Waals surface area contributed by atoms with Gasteiger partial charge in [0.2, 0.25) is 5.91 Å². The van der Waals surface area contributed by atoms with Crippen molar-refractivity contribution >= 4 is 35.8 Å². The van der Waals surface area contributed by atoms with Crippen molar-refractivity contribution in [3.05, 3.63) is 0 Å². The summed E-state index contributed by atoms with van der Waals surface area (Å²) in [5.74, 6) is 0.694. The number of nitrogens with one attached hydrogen (secondary N) is 3. The van der Waals surface area contributed by atoms with Gasteiger partial charge in [-0.25, -0.2) is 4.99 Å². The fraction of sp³-hybridized carbons (Fsp3) is 0.889. The fourth-order valence-electron chi connectivity index (χ4n) is 3.19. The average molecular weight is 482 g/mol. The minimum Gasteiger partial charge on any atom is -0.379 e. The first-order chi connectivity index (χ1) is 12.3. The van der Waals surface area contributed by atoms with Crippen LogP contribution in [0.4, 0.5) is 0 Å². The standard InChI is InChI=1S/C18H34N4O3.HI/c1-2-19-18(20-10-6-11-25-16-9-12-24-14-16)21-13-17(23)22-15-7-4-3-5-8-15;/h15-16H,2-14H2,1H3,(H,22,23)(H2,19,20,21);1H. The third-order valence-corrected chi connectivity index (χ3v) is 4.55. The van der Waals surface area contributed by atoms with Gasteiger partial charge in [-0.3, -0.25) is 4.79 Å². The number of rotatable bonds is 9. The number of nitrogens with zero attached hydrogens (tertiary/aromatic N) is 1. The third kappa shape index (κ3) is 9.91. The number of amides is 1. The lowest BCUT2D eigenvalue weighted by Gasteiger charge is -2.22. The molecule has 2 aliphatic rings. The van der Waals surface area contributed by atoms with Crippen LogP contribution in [0, 0.1) is 0 Å². The van der Waals surface area contributed by atoms with Gasteiger partial charge in [-0.05, 0) is 32.6 Å². The Balaban J connectivity index is 0.00000338. The Bertz CT molecular complexity index is 411. The Morgan fingerprint density at radius 3 is 2.69 bits per heavy atom. The van der Waals surface area contributed by atoms with Gasteiger partial charge in [-0.15, -0.1) is 24.0 Å². The lowest BCUT2D eigenvalue weighted by molar-refractivity contribution is -0.120. The minimum atomic E-state index is 0. The summed E-state index contributed by atoms with van der Waals surface area (Å²) in [5.41, 5.74) is 0. The van der Waals surface area contributed by atoms with Crippen molar-refractivity contribution in [2.24, 2.45) is 4.99 Å². The van der Waals surface area contributed by atoms with Crippen LogP contribution in [-0.4, -0.2) is 63.5 Å². The molecule has 3 N–H and O–H groups in total. The molecule has 2 fully saturated rings. The molecule has 1 amide bonds. The highest BCUT2D eigenvalue weighted by atomic mass is 127. The molecule has 1 unspecified atom stereocenters. The van der Waals surface area contributed by atoms with E-state index in [0.29, 0.717) is 25.2 Å². The zero-order valence-corrected chi connectivity index (χ0v) is 18.3. The summed E-state index contributed by atoms with van der Waals surface area (Å²) in [5, 5.41) is 9.51. The van der Waals surface area contributed by atoms with E-state index in [1.165, 1.54) is 19.3 Å². The first-order valence-electron chi connectivity index (χ1n) is 9.79. The van der Waals surface area contributed by atoms with E-state index in [1.54, 1.807) is 0 Å². The molecule has 1 aliphatic carbocycles. The van der Waals surface area contributed by atoms with Crippen LogP contribution < -0.4 is 16.0 Å². The number of carbonyl (C=O) groups is 1. The second-order valence-corrected chi connectivity index (χ2v) is 6.73. The normalized spacial score (nSPS) is 21.1. The molecule has 1 saturated carbocycles. The molecule has 2 rings (SSSR count). The van der Waals surface area contributed by atoms with Crippen molar-refractivity contribution in [1.82, 2.24) is 16.0 Å². The molecule has 1 aliphatic heterocycles. The van der Waals surface area contributed by atoms with Gasteiger partial charge < -0.3 is 25.4 Å². The SMILES string of the molecule is CCNC(=NCC(=O)NC1CCCCC1)NCCCOC1CCOC1.I. The van der Waals surface area contributed by atoms with E-state index in [9.17, 15) is 4.79 Å². The van der Waals surface area contributed by atoms with Crippen molar-refractivity contribution in [3.63, 3.8) is 0 Å². The van der Waals surface area contributed by atoms with Crippen molar-refractivity contribution < 1.29 is 14.3 Å². The van der Waals surface area contributed by atoms with Crippen molar-refractivity contribution in [2.75, 3.05) is 39.5 Å². The largest absolute Gasteiger partial charge is 0.379 e. The van der Waals surface area contributed by atoms with E-state index in [-0.39, 0.29) is 42.5 Å². The molecule has 0 aromatic rings. The van der Waals surface area contributed by atoms with Crippen LogP contribution in [-0.2, 0) is 14.3 Å². The maximum Gasteiger partial charge on any atom is 0.242 e. The minimum absolute atomic E-state index is 0. The Hall–Kier alpha value is -0.610. The topological polar surface area (TPSA) is 84.0 Å². The quantitative estimate of drug-likeness (QED) is 0.202. The molecule has 1 heterocycles. The van der Waals surface area contributed by atoms with Gasteiger partial charge in [0.1, 0.15) is 6.54 Å². The Morgan fingerprint density at radius 1 is 1.19 bits per heavy atom. The van der Waals surface area contributed by atoms with E-state index in [2.05, 4.69) is 20.9 Å². The monoisotopic (exact) mass is 482 g/mol. The second-order valence-electron chi connectivity index (χ2n) is 6.73. The summed E-state index contributed by atoms with van der Waals surface area (Å²) >= 11 is 0. The molecule has 0 aromatic heterocycles. The maximum absolute atomic E-state index is 12.0. The summed E-state index contributed by atoms with van der Waals surface area (Å²) in [4.78, 5) is 16.4. The molecular formula is C18H35IN4O3. The van der Waals surface area contributed by atoms with Gasteiger partial charge in [0.25, 0.3) is 0 Å². The average Bonchev–Trinajstić information content (AvgIpc) is 3.13. The van der Waals surface area contributed by atoms with E-state index in [0.717, 1.165) is 45.4 Å². The van der Waals surface area contributed by atoms with E-state index >= 15 is 0 Å². The third-order valence-electron chi connectivity index (χ3n) is 4.55. The number of hydrogen-bond donors (Lipinski definition) is 3. The van der Waals surface area contributed by atoms with Crippen LogP contribution in [0.1, 0.15) is 51.9 Å². The van der Waals surface area contributed by atoms with E-state index in [1.807, 2.05) is 6.92 Å².